The summed E-state index contributed by atoms with van der Waals surface area (Å²) >= 11 is 1.53. The molecule has 2 heterocycles. The number of amides is 3. The van der Waals surface area contributed by atoms with Crippen molar-refractivity contribution >= 4 is 29.1 Å². The number of carbonyl (C=O) groups is 3. The number of piperidine rings is 1. The van der Waals surface area contributed by atoms with Gasteiger partial charge >= 0.3 is 0 Å². The van der Waals surface area contributed by atoms with Crippen LogP contribution in [0.15, 0.2) is 6.07 Å². The average Bonchev–Trinajstić information content (AvgIpc) is 3.00. The molecule has 1 aliphatic carbocycles. The van der Waals surface area contributed by atoms with E-state index in [1.54, 1.807) is 0 Å². The molecule has 0 aromatic carbocycles. The molecule has 1 fully saturated rings. The lowest BCUT2D eigenvalue weighted by Gasteiger charge is -2.30. The molecule has 154 valence electrons. The van der Waals surface area contributed by atoms with Gasteiger partial charge in [0.2, 0.25) is 11.8 Å². The number of rotatable bonds is 4. The number of hydrogen-bond donors (Lipinski definition) is 3. The Morgan fingerprint density at radius 2 is 1.93 bits per heavy atom. The maximum Gasteiger partial charge on any atom is 0.279 e. The third-order valence-electron chi connectivity index (χ3n) is 5.51. The summed E-state index contributed by atoms with van der Waals surface area (Å²) in [5.41, 5.74) is 6.36. The van der Waals surface area contributed by atoms with Gasteiger partial charge in [0.05, 0.1) is 10.8 Å². The van der Waals surface area contributed by atoms with E-state index in [1.807, 2.05) is 6.07 Å². The van der Waals surface area contributed by atoms with E-state index in [4.69, 9.17) is 0 Å². The van der Waals surface area contributed by atoms with E-state index in [1.165, 1.54) is 47.5 Å². The fraction of sp³-hybridized carbons (Fsp3) is 0.667. The minimum atomic E-state index is -0.402. The zero-order chi connectivity index (χ0) is 20.1. The minimum absolute atomic E-state index is 0.0181. The molecular weight excluding hydrogens is 374 g/mol. The van der Waals surface area contributed by atoms with Crippen LogP contribution in [0.5, 0.6) is 0 Å². The first-order valence-electron chi connectivity index (χ1n) is 10.4. The molecule has 0 spiro atoms. The molecule has 0 saturated carbocycles. The highest BCUT2D eigenvalue weighted by atomic mass is 32.1. The van der Waals surface area contributed by atoms with Crippen molar-refractivity contribution in [2.75, 3.05) is 0 Å². The molecule has 3 amide bonds. The third-order valence-corrected chi connectivity index (χ3v) is 6.75. The lowest BCUT2D eigenvalue weighted by molar-refractivity contribution is -0.134. The van der Waals surface area contributed by atoms with E-state index in [0.29, 0.717) is 17.2 Å². The third kappa shape index (κ3) is 5.56. The first-order chi connectivity index (χ1) is 13.4. The van der Waals surface area contributed by atoms with Crippen LogP contribution < -0.4 is 16.2 Å². The van der Waals surface area contributed by atoms with Crippen LogP contribution in [0.2, 0.25) is 0 Å². The van der Waals surface area contributed by atoms with Crippen molar-refractivity contribution in [1.82, 2.24) is 16.2 Å². The monoisotopic (exact) mass is 405 g/mol. The minimum Gasteiger partial charge on any atom is -0.353 e. The number of carbonyl (C=O) groups excluding carboxylic acids is 3. The van der Waals surface area contributed by atoms with Crippen LogP contribution in [-0.4, -0.2) is 23.8 Å². The number of fused-ring (bicyclic) bond motifs is 1. The Bertz CT molecular complexity index is 703. The van der Waals surface area contributed by atoms with E-state index in [-0.39, 0.29) is 30.2 Å². The molecule has 28 heavy (non-hydrogen) atoms. The van der Waals surface area contributed by atoms with Gasteiger partial charge in [0, 0.05) is 17.3 Å². The normalized spacial score (nSPS) is 22.6. The maximum atomic E-state index is 12.5. The van der Waals surface area contributed by atoms with E-state index < -0.39 is 5.92 Å². The first kappa shape index (κ1) is 20.8. The molecule has 3 rings (SSSR count). The Morgan fingerprint density at radius 1 is 1.18 bits per heavy atom. The van der Waals surface area contributed by atoms with Gasteiger partial charge in [0.1, 0.15) is 0 Å². The molecule has 1 aliphatic heterocycles. The van der Waals surface area contributed by atoms with Gasteiger partial charge in [-0.1, -0.05) is 26.7 Å². The highest BCUT2D eigenvalue weighted by Crippen LogP contribution is 2.28. The summed E-state index contributed by atoms with van der Waals surface area (Å²) in [4.78, 5) is 38.9. The summed E-state index contributed by atoms with van der Waals surface area (Å²) in [7, 11) is 0. The zero-order valence-corrected chi connectivity index (χ0v) is 17.6. The number of hydrogen-bond acceptors (Lipinski definition) is 4. The van der Waals surface area contributed by atoms with Crippen LogP contribution in [0, 0.1) is 11.8 Å². The molecule has 1 aromatic rings. The lowest BCUT2D eigenvalue weighted by Crippen LogP contribution is -2.50. The Labute approximate surface area is 170 Å². The fourth-order valence-corrected chi connectivity index (χ4v) is 5.31. The number of nitrogens with one attached hydrogen (secondary N) is 3. The molecule has 2 atom stereocenters. The number of thiophene rings is 1. The molecule has 0 unspecified atom stereocenters. The Hall–Kier alpha value is -1.89. The molecule has 7 heteroatoms. The van der Waals surface area contributed by atoms with Crippen molar-refractivity contribution in [2.24, 2.45) is 11.8 Å². The van der Waals surface area contributed by atoms with Gasteiger partial charge in [0.25, 0.3) is 5.91 Å². The van der Waals surface area contributed by atoms with E-state index in [9.17, 15) is 14.4 Å². The van der Waals surface area contributed by atoms with Crippen LogP contribution in [0.3, 0.4) is 0 Å². The SMILES string of the molecule is CC(C)C[C@@H]1C[C@@H](C(=O)NNC(=O)c2cc3c(s2)CCCCCC3)CC(=O)N1. The molecule has 3 N–H and O–H groups in total. The van der Waals surface area contributed by atoms with Crippen LogP contribution in [0.1, 0.15) is 78.9 Å². The van der Waals surface area contributed by atoms with Gasteiger partial charge in [0.15, 0.2) is 0 Å². The highest BCUT2D eigenvalue weighted by Gasteiger charge is 2.32. The van der Waals surface area contributed by atoms with Crippen molar-refractivity contribution in [3.05, 3.63) is 21.4 Å². The van der Waals surface area contributed by atoms with Gasteiger partial charge in [-0.05, 0) is 56.1 Å². The summed E-state index contributed by atoms with van der Waals surface area (Å²) in [6.07, 6.45) is 8.54. The Kier molecular flexibility index (Phi) is 7.10. The summed E-state index contributed by atoms with van der Waals surface area (Å²) < 4.78 is 0. The maximum absolute atomic E-state index is 12.5. The van der Waals surface area contributed by atoms with Gasteiger partial charge in [-0.3, -0.25) is 25.2 Å². The highest BCUT2D eigenvalue weighted by molar-refractivity contribution is 7.14. The largest absolute Gasteiger partial charge is 0.353 e. The predicted molar refractivity (Wildman–Crippen MR) is 110 cm³/mol. The quantitative estimate of drug-likeness (QED) is 0.673. The summed E-state index contributed by atoms with van der Waals surface area (Å²) in [5, 5.41) is 2.96. The molecule has 0 bridgehead atoms. The van der Waals surface area contributed by atoms with Crippen LogP contribution >= 0.6 is 11.3 Å². The summed E-state index contributed by atoms with van der Waals surface area (Å²) in [6.45, 7) is 4.20. The van der Waals surface area contributed by atoms with E-state index in [0.717, 1.165) is 19.3 Å². The number of aryl methyl sites for hydroxylation is 2. The second-order valence-electron chi connectivity index (χ2n) is 8.45. The van der Waals surface area contributed by atoms with Crippen molar-refractivity contribution in [3.8, 4) is 0 Å². The lowest BCUT2D eigenvalue weighted by atomic mass is 9.87. The standard InChI is InChI=1S/C21H31N3O3S/c1-13(2)9-16-10-15(12-19(25)22-16)20(26)23-24-21(27)18-11-14-7-5-3-4-6-8-17(14)28-18/h11,13,15-16H,3-10,12H2,1-2H3,(H,22,25)(H,23,26)(H,24,27)/t15-,16-/m1/s1. The topological polar surface area (TPSA) is 87.3 Å². The molecule has 0 radical (unpaired) electrons. The predicted octanol–water partition coefficient (Wildman–Crippen LogP) is 3.11. The number of hydrazine groups is 1. The van der Waals surface area contributed by atoms with Crippen LogP contribution in [-0.2, 0) is 22.4 Å². The van der Waals surface area contributed by atoms with Crippen molar-refractivity contribution in [2.45, 2.75) is 77.7 Å². The zero-order valence-electron chi connectivity index (χ0n) is 16.8. The smallest absolute Gasteiger partial charge is 0.279 e. The molecule has 1 saturated heterocycles. The molecule has 2 aliphatic rings. The van der Waals surface area contributed by atoms with Gasteiger partial charge in [-0.25, -0.2) is 0 Å². The molecule has 6 nitrogen and oxygen atoms in total. The van der Waals surface area contributed by atoms with Crippen LogP contribution in [0.4, 0.5) is 0 Å². The van der Waals surface area contributed by atoms with Crippen molar-refractivity contribution < 1.29 is 14.4 Å². The van der Waals surface area contributed by atoms with Crippen molar-refractivity contribution in [1.29, 1.82) is 0 Å². The van der Waals surface area contributed by atoms with Gasteiger partial charge in [-0.15, -0.1) is 11.3 Å². The van der Waals surface area contributed by atoms with Crippen molar-refractivity contribution in [3.63, 3.8) is 0 Å². The average molecular weight is 406 g/mol. The van der Waals surface area contributed by atoms with E-state index in [2.05, 4.69) is 30.0 Å². The summed E-state index contributed by atoms with van der Waals surface area (Å²) in [5.74, 6) is -0.608. The fourth-order valence-electron chi connectivity index (χ4n) is 4.16. The summed E-state index contributed by atoms with van der Waals surface area (Å²) in [6, 6.07) is 1.99. The molecule has 1 aromatic heterocycles. The van der Waals surface area contributed by atoms with Crippen LogP contribution in [0.25, 0.3) is 0 Å². The molecular formula is C21H31N3O3S. The van der Waals surface area contributed by atoms with E-state index >= 15 is 0 Å². The first-order valence-corrected chi connectivity index (χ1v) is 11.2. The van der Waals surface area contributed by atoms with Gasteiger partial charge < -0.3 is 5.32 Å². The second kappa shape index (κ2) is 9.54. The Balaban J connectivity index is 1.54. The van der Waals surface area contributed by atoms with Gasteiger partial charge in [-0.2, -0.15) is 0 Å². The second-order valence-corrected chi connectivity index (χ2v) is 9.58. The Morgan fingerprint density at radius 3 is 2.68 bits per heavy atom.